The fourth-order valence-corrected chi connectivity index (χ4v) is 6.32. The van der Waals surface area contributed by atoms with E-state index in [2.05, 4.69) is 17.2 Å². The van der Waals surface area contributed by atoms with Crippen LogP contribution in [0.1, 0.15) is 119 Å². The lowest BCUT2D eigenvalue weighted by molar-refractivity contribution is -0.122. The van der Waals surface area contributed by atoms with E-state index in [1.165, 1.54) is 64.2 Å². The first kappa shape index (κ1) is 38.7. The monoisotopic (exact) mass is 648 g/mol. The highest BCUT2D eigenvalue weighted by Gasteiger charge is 2.28. The molecule has 0 bridgehead atoms. The maximum Gasteiger partial charge on any atom is 0.328 e. The summed E-state index contributed by atoms with van der Waals surface area (Å²) in [6.45, 7) is 6.39. The third-order valence-electron chi connectivity index (χ3n) is 8.25. The fraction of sp³-hybridized carbons (Fsp3) is 0.657. The Kier molecular flexibility index (Phi) is 18.4. The van der Waals surface area contributed by atoms with E-state index in [0.717, 1.165) is 47.4 Å². The van der Waals surface area contributed by atoms with Gasteiger partial charge in [-0.15, -0.1) is 0 Å². The SMILES string of the molecule is CCCCCCCCCCCCCCCC(=O)N[C@H](Cc1ccc(OCc2ncc(C)c(OC)c2C)cc1)C(O)CP(=O)(O)O. The van der Waals surface area contributed by atoms with Gasteiger partial charge in [0.15, 0.2) is 0 Å². The molecule has 2 atom stereocenters. The lowest BCUT2D eigenvalue weighted by Crippen LogP contribution is -2.46. The number of ether oxygens (including phenoxy) is 2. The molecule has 1 aromatic carbocycles. The maximum absolute atomic E-state index is 12.7. The Bertz CT molecular complexity index is 1170. The van der Waals surface area contributed by atoms with Gasteiger partial charge in [-0.3, -0.25) is 14.3 Å². The molecule has 1 heterocycles. The summed E-state index contributed by atoms with van der Waals surface area (Å²) in [6, 6.07) is 6.39. The van der Waals surface area contributed by atoms with Crippen LogP contribution in [0.25, 0.3) is 0 Å². The van der Waals surface area contributed by atoms with Crippen LogP contribution in [0.5, 0.6) is 11.5 Å². The van der Waals surface area contributed by atoms with E-state index < -0.39 is 25.9 Å². The molecule has 1 unspecified atom stereocenters. The molecule has 0 radical (unpaired) electrons. The molecule has 1 amide bonds. The summed E-state index contributed by atoms with van der Waals surface area (Å²) in [6.07, 6.45) is 16.0. The van der Waals surface area contributed by atoms with Crippen molar-refractivity contribution in [3.8, 4) is 11.5 Å². The van der Waals surface area contributed by atoms with Crippen molar-refractivity contribution >= 4 is 13.5 Å². The van der Waals surface area contributed by atoms with Gasteiger partial charge in [0.1, 0.15) is 18.1 Å². The molecule has 2 aromatic rings. The number of benzene rings is 1. The number of nitrogens with one attached hydrogen (secondary N) is 1. The molecule has 0 aliphatic heterocycles. The van der Waals surface area contributed by atoms with Gasteiger partial charge in [0.2, 0.25) is 5.91 Å². The zero-order chi connectivity index (χ0) is 33.1. The van der Waals surface area contributed by atoms with Gasteiger partial charge in [-0.1, -0.05) is 96.1 Å². The topological polar surface area (TPSA) is 138 Å². The molecular formula is C35H57N2O7P. The highest BCUT2D eigenvalue weighted by Crippen LogP contribution is 2.36. The van der Waals surface area contributed by atoms with E-state index in [0.29, 0.717) is 12.2 Å². The van der Waals surface area contributed by atoms with Crippen LogP contribution >= 0.6 is 7.60 Å². The van der Waals surface area contributed by atoms with E-state index in [-0.39, 0.29) is 18.9 Å². The average Bonchev–Trinajstić information content (AvgIpc) is 2.99. The number of unbranched alkanes of at least 4 members (excludes halogenated alkanes) is 12. The van der Waals surface area contributed by atoms with E-state index in [1.54, 1.807) is 25.4 Å². The molecule has 2 rings (SSSR count). The van der Waals surface area contributed by atoms with E-state index in [1.807, 2.05) is 26.0 Å². The second-order valence-electron chi connectivity index (χ2n) is 12.3. The van der Waals surface area contributed by atoms with E-state index in [4.69, 9.17) is 9.47 Å². The molecule has 254 valence electrons. The van der Waals surface area contributed by atoms with Gasteiger partial charge < -0.3 is 29.7 Å². The van der Waals surface area contributed by atoms with Gasteiger partial charge in [-0.2, -0.15) is 0 Å². The smallest absolute Gasteiger partial charge is 0.328 e. The van der Waals surface area contributed by atoms with Crippen molar-refractivity contribution in [2.75, 3.05) is 13.3 Å². The van der Waals surface area contributed by atoms with Crippen LogP contribution in [-0.2, 0) is 22.4 Å². The Morgan fingerprint density at radius 3 is 2.00 bits per heavy atom. The number of hydrogen-bond donors (Lipinski definition) is 4. The molecule has 4 N–H and O–H groups in total. The number of aryl methyl sites for hydroxylation is 1. The van der Waals surface area contributed by atoms with Crippen LogP contribution in [0.2, 0.25) is 0 Å². The number of hydrogen-bond acceptors (Lipinski definition) is 6. The number of methoxy groups -OCH3 is 1. The number of aromatic nitrogens is 1. The van der Waals surface area contributed by atoms with Crippen molar-refractivity contribution in [3.63, 3.8) is 0 Å². The lowest BCUT2D eigenvalue weighted by atomic mass is 10.0. The number of pyridine rings is 1. The Hall–Kier alpha value is -2.45. The number of aliphatic hydroxyl groups is 1. The van der Waals surface area contributed by atoms with Gasteiger partial charge in [-0.05, 0) is 44.4 Å². The Balaban J connectivity index is 1.79. The van der Waals surface area contributed by atoms with Gasteiger partial charge in [0.05, 0.1) is 31.1 Å². The minimum Gasteiger partial charge on any atom is -0.496 e. The second-order valence-corrected chi connectivity index (χ2v) is 14.0. The maximum atomic E-state index is 12.7. The number of rotatable bonds is 24. The van der Waals surface area contributed by atoms with Gasteiger partial charge >= 0.3 is 7.60 Å². The third kappa shape index (κ3) is 16.1. The predicted molar refractivity (Wildman–Crippen MR) is 180 cm³/mol. The van der Waals surface area contributed by atoms with Crippen molar-refractivity contribution in [1.29, 1.82) is 0 Å². The highest BCUT2D eigenvalue weighted by atomic mass is 31.2. The summed E-state index contributed by atoms with van der Waals surface area (Å²) in [7, 11) is -2.84. The van der Waals surface area contributed by atoms with E-state index >= 15 is 0 Å². The minimum atomic E-state index is -4.47. The summed E-state index contributed by atoms with van der Waals surface area (Å²) in [4.78, 5) is 36.1. The van der Waals surface area contributed by atoms with Crippen molar-refractivity contribution in [2.24, 2.45) is 0 Å². The number of aliphatic hydroxyl groups excluding tert-OH is 1. The van der Waals surface area contributed by atoms with Crippen molar-refractivity contribution in [2.45, 2.75) is 136 Å². The molecule has 0 fully saturated rings. The van der Waals surface area contributed by atoms with Crippen LogP contribution in [0.3, 0.4) is 0 Å². The summed E-state index contributed by atoms with van der Waals surface area (Å²) >= 11 is 0. The van der Waals surface area contributed by atoms with Gasteiger partial charge in [-0.25, -0.2) is 0 Å². The van der Waals surface area contributed by atoms with Crippen LogP contribution < -0.4 is 14.8 Å². The zero-order valence-corrected chi connectivity index (χ0v) is 28.8. The molecule has 9 nitrogen and oxygen atoms in total. The third-order valence-corrected chi connectivity index (χ3v) is 9.10. The molecular weight excluding hydrogens is 591 g/mol. The van der Waals surface area contributed by atoms with Crippen LogP contribution in [0.15, 0.2) is 30.5 Å². The highest BCUT2D eigenvalue weighted by molar-refractivity contribution is 7.51. The summed E-state index contributed by atoms with van der Waals surface area (Å²) in [5, 5.41) is 13.5. The first-order chi connectivity index (χ1) is 21.5. The Morgan fingerprint density at radius 2 is 1.47 bits per heavy atom. The van der Waals surface area contributed by atoms with Gasteiger partial charge in [0.25, 0.3) is 0 Å². The van der Waals surface area contributed by atoms with Crippen molar-refractivity contribution < 1.29 is 33.7 Å². The molecule has 10 heteroatoms. The minimum absolute atomic E-state index is 0.218. The van der Waals surface area contributed by atoms with Crippen molar-refractivity contribution in [3.05, 3.63) is 52.8 Å². The van der Waals surface area contributed by atoms with Crippen LogP contribution in [0, 0.1) is 13.8 Å². The number of carbonyl (C=O) groups is 1. The first-order valence-corrected chi connectivity index (χ1v) is 18.6. The Labute approximate surface area is 270 Å². The second kappa shape index (κ2) is 21.4. The molecule has 0 aliphatic rings. The first-order valence-electron chi connectivity index (χ1n) is 16.8. The number of amides is 1. The normalized spacial score (nSPS) is 13.0. The largest absolute Gasteiger partial charge is 0.496 e. The number of carbonyl (C=O) groups excluding carboxylic acids is 1. The van der Waals surface area contributed by atoms with Crippen molar-refractivity contribution in [1.82, 2.24) is 10.3 Å². The summed E-state index contributed by atoms with van der Waals surface area (Å²) in [5.41, 5.74) is 3.44. The van der Waals surface area contributed by atoms with E-state index in [9.17, 15) is 24.3 Å². The molecule has 1 aromatic heterocycles. The summed E-state index contributed by atoms with van der Waals surface area (Å²) < 4.78 is 23.0. The fourth-order valence-electron chi connectivity index (χ4n) is 5.58. The van der Waals surface area contributed by atoms with Crippen LogP contribution in [0.4, 0.5) is 0 Å². The molecule has 0 saturated carbocycles. The molecule has 0 spiro atoms. The molecule has 0 saturated heterocycles. The van der Waals surface area contributed by atoms with Gasteiger partial charge in [0, 0.05) is 23.7 Å². The zero-order valence-electron chi connectivity index (χ0n) is 27.9. The Morgan fingerprint density at radius 1 is 0.911 bits per heavy atom. The number of nitrogens with zero attached hydrogens (tertiary/aromatic N) is 1. The van der Waals surface area contributed by atoms with Crippen LogP contribution in [-0.4, -0.2) is 51.2 Å². The quantitative estimate of drug-likeness (QED) is 0.0686. The lowest BCUT2D eigenvalue weighted by Gasteiger charge is -2.25. The predicted octanol–water partition coefficient (Wildman–Crippen LogP) is 7.33. The average molecular weight is 649 g/mol. The molecule has 0 aliphatic carbocycles. The summed E-state index contributed by atoms with van der Waals surface area (Å²) in [5.74, 6) is 1.19. The standard InChI is InChI=1S/C35H57N2O7P/c1-5-6-7-8-9-10-11-12-13-14-15-16-17-18-34(39)37-31(33(38)26-45(40,41)42)23-29-19-21-30(22-20-29)44-25-32-28(3)35(43-4)27(2)24-36-32/h19-22,24,31,33,38H,5-18,23,25-26H2,1-4H3,(H,37,39)(H2,40,41,42)/t31-,33?/m1/s1. The molecule has 45 heavy (non-hydrogen) atoms.